The van der Waals surface area contributed by atoms with Crippen molar-refractivity contribution in [2.24, 2.45) is 0 Å². The standard InChI is InChI=1S/C17H26N2O3S/c20-23(21,18-8-3-9-19-10-12-22-13-11-19)17-7-6-15-4-1-2-5-16(15)14-17/h6-7,14,18H,1-5,8-13H2/p+1. The Kier molecular flexibility index (Phi) is 5.69. The summed E-state index contributed by atoms with van der Waals surface area (Å²) in [5.74, 6) is 0. The van der Waals surface area contributed by atoms with Crippen molar-refractivity contribution in [1.29, 1.82) is 0 Å². The molecule has 1 heterocycles. The lowest BCUT2D eigenvalue weighted by atomic mass is 9.92. The van der Waals surface area contributed by atoms with E-state index in [0.29, 0.717) is 11.4 Å². The fourth-order valence-corrected chi connectivity index (χ4v) is 4.54. The molecule has 0 bridgehead atoms. The molecule has 1 aromatic carbocycles. The van der Waals surface area contributed by atoms with Crippen molar-refractivity contribution in [3.05, 3.63) is 29.3 Å². The van der Waals surface area contributed by atoms with Crippen LogP contribution in [0.25, 0.3) is 0 Å². The zero-order valence-corrected chi connectivity index (χ0v) is 14.5. The number of aryl methyl sites for hydroxylation is 2. The average Bonchev–Trinajstić information content (AvgIpc) is 2.59. The molecule has 1 aromatic rings. The summed E-state index contributed by atoms with van der Waals surface area (Å²) in [6, 6.07) is 5.60. The minimum atomic E-state index is -3.38. The van der Waals surface area contributed by atoms with E-state index in [2.05, 4.69) is 4.72 Å². The monoisotopic (exact) mass is 339 g/mol. The highest BCUT2D eigenvalue weighted by molar-refractivity contribution is 7.89. The molecule has 0 aromatic heterocycles. The Hall–Kier alpha value is -0.950. The quantitative estimate of drug-likeness (QED) is 0.726. The number of quaternary nitrogens is 1. The number of hydrogen-bond acceptors (Lipinski definition) is 3. The molecular weight excluding hydrogens is 312 g/mol. The predicted octanol–water partition coefficient (Wildman–Crippen LogP) is 0.149. The molecule has 2 N–H and O–H groups in total. The first kappa shape index (κ1) is 16.9. The Bertz CT molecular complexity index is 625. The Labute approximate surface area is 139 Å². The lowest BCUT2D eigenvalue weighted by Crippen LogP contribution is -3.14. The van der Waals surface area contributed by atoms with Gasteiger partial charge in [-0.05, 0) is 48.9 Å². The van der Waals surface area contributed by atoms with Gasteiger partial charge in [-0.1, -0.05) is 6.07 Å². The van der Waals surface area contributed by atoms with Gasteiger partial charge in [-0.2, -0.15) is 0 Å². The number of hydrogen-bond donors (Lipinski definition) is 2. The third-order valence-corrected chi connectivity index (χ3v) is 6.29. The van der Waals surface area contributed by atoms with Crippen molar-refractivity contribution in [2.75, 3.05) is 39.4 Å². The fraction of sp³-hybridized carbons (Fsp3) is 0.647. The molecule has 2 aliphatic rings. The summed E-state index contributed by atoms with van der Waals surface area (Å²) in [5, 5.41) is 0. The molecule has 3 rings (SSSR count). The van der Waals surface area contributed by atoms with Crippen molar-refractivity contribution >= 4 is 10.0 Å². The van der Waals surface area contributed by atoms with Gasteiger partial charge in [0.1, 0.15) is 13.1 Å². The van der Waals surface area contributed by atoms with E-state index in [4.69, 9.17) is 4.74 Å². The molecule has 23 heavy (non-hydrogen) atoms. The van der Waals surface area contributed by atoms with E-state index in [1.165, 1.54) is 22.4 Å². The topological polar surface area (TPSA) is 59.8 Å². The molecule has 0 atom stereocenters. The number of nitrogens with one attached hydrogen (secondary N) is 2. The summed E-state index contributed by atoms with van der Waals surface area (Å²) in [5.41, 5.74) is 2.52. The summed E-state index contributed by atoms with van der Waals surface area (Å²) in [6.07, 6.45) is 5.30. The van der Waals surface area contributed by atoms with Crippen LogP contribution in [0, 0.1) is 0 Å². The first-order valence-electron chi connectivity index (χ1n) is 8.68. The van der Waals surface area contributed by atoms with Crippen LogP contribution < -0.4 is 9.62 Å². The molecule has 6 heteroatoms. The van der Waals surface area contributed by atoms with Crippen LogP contribution in [0.1, 0.15) is 30.4 Å². The molecule has 1 fully saturated rings. The molecule has 1 aliphatic carbocycles. The lowest BCUT2D eigenvalue weighted by Gasteiger charge is -2.23. The zero-order valence-electron chi connectivity index (χ0n) is 13.6. The van der Waals surface area contributed by atoms with E-state index in [0.717, 1.165) is 58.5 Å². The van der Waals surface area contributed by atoms with E-state index >= 15 is 0 Å². The maximum Gasteiger partial charge on any atom is 0.240 e. The van der Waals surface area contributed by atoms with E-state index in [9.17, 15) is 8.42 Å². The third-order valence-electron chi connectivity index (χ3n) is 4.83. The van der Waals surface area contributed by atoms with E-state index < -0.39 is 10.0 Å². The van der Waals surface area contributed by atoms with Crippen LogP contribution in [-0.4, -0.2) is 47.8 Å². The average molecular weight is 339 g/mol. The molecule has 1 aliphatic heterocycles. The highest BCUT2D eigenvalue weighted by atomic mass is 32.2. The van der Waals surface area contributed by atoms with Gasteiger partial charge in [0.2, 0.25) is 10.0 Å². The molecule has 0 amide bonds. The molecular formula is C17H27N2O3S+. The molecule has 128 valence electrons. The zero-order chi connectivity index (χ0) is 16.1. The van der Waals surface area contributed by atoms with Crippen LogP contribution in [0.2, 0.25) is 0 Å². The fourth-order valence-electron chi connectivity index (χ4n) is 3.42. The molecule has 0 spiro atoms. The van der Waals surface area contributed by atoms with Crippen molar-refractivity contribution in [3.63, 3.8) is 0 Å². The summed E-state index contributed by atoms with van der Waals surface area (Å²) in [6.45, 7) is 5.18. The maximum atomic E-state index is 12.4. The molecule has 0 saturated carbocycles. The van der Waals surface area contributed by atoms with Gasteiger partial charge in [0.15, 0.2) is 0 Å². The van der Waals surface area contributed by atoms with Crippen LogP contribution >= 0.6 is 0 Å². The van der Waals surface area contributed by atoms with Crippen molar-refractivity contribution in [3.8, 4) is 0 Å². The van der Waals surface area contributed by atoms with Gasteiger partial charge >= 0.3 is 0 Å². The van der Waals surface area contributed by atoms with Gasteiger partial charge in [0.25, 0.3) is 0 Å². The maximum absolute atomic E-state index is 12.4. The van der Waals surface area contributed by atoms with Gasteiger partial charge < -0.3 is 9.64 Å². The Morgan fingerprint density at radius 2 is 1.83 bits per heavy atom. The van der Waals surface area contributed by atoms with Gasteiger partial charge in [-0.15, -0.1) is 0 Å². The normalized spacial score (nSPS) is 19.5. The molecule has 1 saturated heterocycles. The van der Waals surface area contributed by atoms with Crippen LogP contribution in [0.5, 0.6) is 0 Å². The molecule has 0 radical (unpaired) electrons. The van der Waals surface area contributed by atoms with Crippen molar-refractivity contribution in [1.82, 2.24) is 4.72 Å². The minimum Gasteiger partial charge on any atom is -0.370 e. The second kappa shape index (κ2) is 7.75. The van der Waals surface area contributed by atoms with Gasteiger partial charge in [0.05, 0.1) is 24.7 Å². The molecule has 0 unspecified atom stereocenters. The van der Waals surface area contributed by atoms with E-state index in [1.807, 2.05) is 12.1 Å². The number of fused-ring (bicyclic) bond motifs is 1. The van der Waals surface area contributed by atoms with E-state index in [-0.39, 0.29) is 0 Å². The number of morpholine rings is 1. The Balaban J connectivity index is 1.52. The number of sulfonamides is 1. The van der Waals surface area contributed by atoms with Crippen LogP contribution in [0.4, 0.5) is 0 Å². The summed E-state index contributed by atoms with van der Waals surface area (Å²) >= 11 is 0. The second-order valence-electron chi connectivity index (χ2n) is 6.50. The summed E-state index contributed by atoms with van der Waals surface area (Å²) < 4.78 is 32.9. The van der Waals surface area contributed by atoms with Crippen LogP contribution in [0.15, 0.2) is 23.1 Å². The highest BCUT2D eigenvalue weighted by Crippen LogP contribution is 2.23. The highest BCUT2D eigenvalue weighted by Gasteiger charge is 2.18. The van der Waals surface area contributed by atoms with Crippen LogP contribution in [0.3, 0.4) is 0 Å². The summed E-state index contributed by atoms with van der Waals surface area (Å²) in [7, 11) is -3.38. The smallest absolute Gasteiger partial charge is 0.240 e. The predicted molar refractivity (Wildman–Crippen MR) is 89.3 cm³/mol. The number of rotatable bonds is 6. The Morgan fingerprint density at radius 1 is 1.09 bits per heavy atom. The largest absolute Gasteiger partial charge is 0.370 e. The van der Waals surface area contributed by atoms with Crippen molar-refractivity contribution < 1.29 is 18.1 Å². The van der Waals surface area contributed by atoms with E-state index in [1.54, 1.807) is 6.07 Å². The van der Waals surface area contributed by atoms with Gasteiger partial charge in [0, 0.05) is 13.0 Å². The first-order valence-corrected chi connectivity index (χ1v) is 10.2. The summed E-state index contributed by atoms with van der Waals surface area (Å²) in [4.78, 5) is 1.92. The number of benzene rings is 1. The van der Waals surface area contributed by atoms with Gasteiger partial charge in [-0.3, -0.25) is 0 Å². The Morgan fingerprint density at radius 3 is 2.61 bits per heavy atom. The first-order chi connectivity index (χ1) is 11.1. The second-order valence-corrected chi connectivity index (χ2v) is 8.27. The lowest BCUT2D eigenvalue weighted by molar-refractivity contribution is -0.908. The van der Waals surface area contributed by atoms with Crippen molar-refractivity contribution in [2.45, 2.75) is 37.0 Å². The van der Waals surface area contributed by atoms with Crippen LogP contribution in [-0.2, 0) is 27.6 Å². The van der Waals surface area contributed by atoms with Gasteiger partial charge in [-0.25, -0.2) is 13.1 Å². The number of ether oxygens (including phenoxy) is 1. The molecule has 5 nitrogen and oxygen atoms in total. The SMILES string of the molecule is O=S(=O)(NCCC[NH+]1CCOCC1)c1ccc2c(c1)CCCC2. The minimum absolute atomic E-state index is 0.414. The third kappa shape index (κ3) is 4.53.